The summed E-state index contributed by atoms with van der Waals surface area (Å²) in [6.07, 6.45) is -0.752. The molecule has 8 heteroatoms. The molecule has 0 spiro atoms. The summed E-state index contributed by atoms with van der Waals surface area (Å²) in [5.41, 5.74) is 2.88. The fourth-order valence-corrected chi connectivity index (χ4v) is 4.14. The fraction of sp³-hybridized carbons (Fsp3) is 0.208. The van der Waals surface area contributed by atoms with Crippen molar-refractivity contribution in [3.63, 3.8) is 0 Å². The smallest absolute Gasteiger partial charge is 0.265 e. The second-order valence-corrected chi connectivity index (χ2v) is 9.06. The van der Waals surface area contributed by atoms with Crippen molar-refractivity contribution in [1.82, 2.24) is 0 Å². The average molecular weight is 455 g/mol. The maximum absolute atomic E-state index is 12.7. The molecule has 0 fully saturated rings. The molecule has 3 aromatic carbocycles. The first-order chi connectivity index (χ1) is 15.2. The lowest BCUT2D eigenvalue weighted by molar-refractivity contribution is -0.122. The van der Waals surface area contributed by atoms with Crippen molar-refractivity contribution < 1.29 is 22.7 Å². The van der Waals surface area contributed by atoms with E-state index in [0.29, 0.717) is 22.9 Å². The van der Waals surface area contributed by atoms with Gasteiger partial charge in [-0.3, -0.25) is 9.52 Å². The number of amides is 1. The average Bonchev–Trinajstić information content (AvgIpc) is 2.76. The first-order valence-corrected chi connectivity index (χ1v) is 11.5. The highest BCUT2D eigenvalue weighted by Gasteiger charge is 2.18. The summed E-state index contributed by atoms with van der Waals surface area (Å²) >= 11 is 0. The summed E-state index contributed by atoms with van der Waals surface area (Å²) in [5.74, 6) is 0.869. The van der Waals surface area contributed by atoms with Crippen LogP contribution in [0.3, 0.4) is 0 Å². The summed E-state index contributed by atoms with van der Waals surface area (Å²) in [5, 5.41) is 2.72. The van der Waals surface area contributed by atoms with E-state index in [1.165, 1.54) is 24.3 Å². The van der Waals surface area contributed by atoms with Crippen LogP contribution in [0.4, 0.5) is 11.4 Å². The Bertz CT molecular complexity index is 1190. The molecule has 0 unspecified atom stereocenters. The van der Waals surface area contributed by atoms with Crippen LogP contribution < -0.4 is 19.5 Å². The highest BCUT2D eigenvalue weighted by molar-refractivity contribution is 7.92. The molecule has 3 aromatic rings. The third kappa shape index (κ3) is 5.79. The Morgan fingerprint density at radius 1 is 0.906 bits per heavy atom. The van der Waals surface area contributed by atoms with Crippen molar-refractivity contribution in [2.24, 2.45) is 0 Å². The third-order valence-electron chi connectivity index (χ3n) is 4.80. The van der Waals surface area contributed by atoms with Crippen molar-refractivity contribution in [2.45, 2.75) is 31.8 Å². The minimum absolute atomic E-state index is 0.0954. The van der Waals surface area contributed by atoms with E-state index in [2.05, 4.69) is 10.0 Å². The summed E-state index contributed by atoms with van der Waals surface area (Å²) in [6.45, 7) is 5.42. The van der Waals surface area contributed by atoms with Crippen LogP contribution in [0, 0.1) is 13.8 Å². The Labute approximate surface area is 188 Å². The number of anilines is 2. The van der Waals surface area contributed by atoms with Crippen LogP contribution in [-0.4, -0.2) is 27.5 Å². The number of aryl methyl sites for hydroxylation is 2. The molecule has 0 heterocycles. The number of sulfonamides is 1. The van der Waals surface area contributed by atoms with E-state index in [-0.39, 0.29) is 10.8 Å². The van der Waals surface area contributed by atoms with Gasteiger partial charge in [0.05, 0.1) is 17.7 Å². The molecule has 0 aliphatic carbocycles. The van der Waals surface area contributed by atoms with Crippen molar-refractivity contribution in [2.75, 3.05) is 17.1 Å². The molecule has 7 nitrogen and oxygen atoms in total. The molecule has 168 valence electrons. The van der Waals surface area contributed by atoms with Crippen molar-refractivity contribution in [1.29, 1.82) is 0 Å². The van der Waals surface area contributed by atoms with Crippen LogP contribution in [0.2, 0.25) is 0 Å². The molecule has 0 saturated heterocycles. The summed E-state index contributed by atoms with van der Waals surface area (Å²) < 4.78 is 38.7. The lowest BCUT2D eigenvalue weighted by atomic mass is 10.1. The predicted molar refractivity (Wildman–Crippen MR) is 125 cm³/mol. The number of hydrogen-bond acceptors (Lipinski definition) is 5. The van der Waals surface area contributed by atoms with Gasteiger partial charge in [-0.2, -0.15) is 0 Å². The van der Waals surface area contributed by atoms with E-state index in [0.717, 1.165) is 11.1 Å². The Balaban J connectivity index is 1.63. The van der Waals surface area contributed by atoms with Gasteiger partial charge in [-0.05, 0) is 80.9 Å². The fourth-order valence-electron chi connectivity index (χ4n) is 3.01. The van der Waals surface area contributed by atoms with Crippen LogP contribution >= 0.6 is 0 Å². The minimum Gasteiger partial charge on any atom is -0.497 e. The zero-order chi connectivity index (χ0) is 23.3. The summed E-state index contributed by atoms with van der Waals surface area (Å²) in [4.78, 5) is 12.5. The van der Waals surface area contributed by atoms with Gasteiger partial charge in [0, 0.05) is 5.69 Å². The van der Waals surface area contributed by atoms with Gasteiger partial charge in [0.2, 0.25) is 0 Å². The Kier molecular flexibility index (Phi) is 7.05. The van der Waals surface area contributed by atoms with Crippen LogP contribution in [0.15, 0.2) is 71.6 Å². The monoisotopic (exact) mass is 454 g/mol. The standard InChI is InChI=1S/C24H26N2O5S/c1-16-5-14-23(17(2)15-16)26-32(28,29)22-12-6-19(7-13-22)25-24(27)18(3)31-21-10-8-20(30-4)9-11-21/h5-15,18,26H,1-4H3,(H,25,27)/t18-/m1/s1. The number of carbonyl (C=O) groups is 1. The molecule has 3 rings (SSSR count). The molecule has 1 amide bonds. The van der Waals surface area contributed by atoms with Crippen molar-refractivity contribution >= 4 is 27.3 Å². The maximum atomic E-state index is 12.7. The quantitative estimate of drug-likeness (QED) is 0.522. The molecule has 0 aromatic heterocycles. The van der Waals surface area contributed by atoms with Crippen LogP contribution in [-0.2, 0) is 14.8 Å². The van der Waals surface area contributed by atoms with Gasteiger partial charge < -0.3 is 14.8 Å². The molecule has 0 aliphatic rings. The normalized spacial score (nSPS) is 12.0. The molecular weight excluding hydrogens is 428 g/mol. The van der Waals surface area contributed by atoms with Crippen LogP contribution in [0.1, 0.15) is 18.1 Å². The number of carbonyl (C=O) groups excluding carboxylic acids is 1. The van der Waals surface area contributed by atoms with E-state index >= 15 is 0 Å². The molecule has 0 aliphatic heterocycles. The van der Waals surface area contributed by atoms with Crippen LogP contribution in [0.25, 0.3) is 0 Å². The third-order valence-corrected chi connectivity index (χ3v) is 6.18. The minimum atomic E-state index is -3.75. The van der Waals surface area contributed by atoms with Gasteiger partial charge in [0.25, 0.3) is 15.9 Å². The number of ether oxygens (including phenoxy) is 2. The van der Waals surface area contributed by atoms with Crippen molar-refractivity contribution in [3.05, 3.63) is 77.9 Å². The second kappa shape index (κ2) is 9.74. The van der Waals surface area contributed by atoms with Gasteiger partial charge in [-0.15, -0.1) is 0 Å². The maximum Gasteiger partial charge on any atom is 0.265 e. The molecular formula is C24H26N2O5S. The first-order valence-electron chi connectivity index (χ1n) is 9.99. The van der Waals surface area contributed by atoms with Gasteiger partial charge in [-0.25, -0.2) is 8.42 Å². The van der Waals surface area contributed by atoms with Gasteiger partial charge in [-0.1, -0.05) is 17.7 Å². The number of methoxy groups -OCH3 is 1. The molecule has 32 heavy (non-hydrogen) atoms. The lowest BCUT2D eigenvalue weighted by Gasteiger charge is -2.15. The number of hydrogen-bond donors (Lipinski definition) is 2. The Morgan fingerprint density at radius 2 is 1.53 bits per heavy atom. The molecule has 0 saturated carbocycles. The van der Waals surface area contributed by atoms with Crippen molar-refractivity contribution in [3.8, 4) is 11.5 Å². The van der Waals surface area contributed by atoms with E-state index in [4.69, 9.17) is 9.47 Å². The first kappa shape index (κ1) is 23.1. The largest absolute Gasteiger partial charge is 0.497 e. The van der Waals surface area contributed by atoms with E-state index in [1.807, 2.05) is 26.0 Å². The molecule has 0 radical (unpaired) electrons. The topological polar surface area (TPSA) is 93.7 Å². The Hall–Kier alpha value is -3.52. The van der Waals surface area contributed by atoms with Gasteiger partial charge in [0.1, 0.15) is 11.5 Å². The number of benzene rings is 3. The summed E-state index contributed by atoms with van der Waals surface area (Å²) in [6, 6.07) is 18.4. The number of rotatable bonds is 8. The van der Waals surface area contributed by atoms with Gasteiger partial charge in [0.15, 0.2) is 6.10 Å². The predicted octanol–water partition coefficient (Wildman–Crippen LogP) is 4.52. The zero-order valence-electron chi connectivity index (χ0n) is 18.4. The van der Waals surface area contributed by atoms with E-state index in [9.17, 15) is 13.2 Å². The second-order valence-electron chi connectivity index (χ2n) is 7.37. The molecule has 2 N–H and O–H groups in total. The Morgan fingerprint density at radius 3 is 2.12 bits per heavy atom. The lowest BCUT2D eigenvalue weighted by Crippen LogP contribution is -2.30. The van der Waals surface area contributed by atoms with E-state index < -0.39 is 16.1 Å². The zero-order valence-corrected chi connectivity index (χ0v) is 19.2. The van der Waals surface area contributed by atoms with Crippen LogP contribution in [0.5, 0.6) is 11.5 Å². The SMILES string of the molecule is COc1ccc(O[C@H](C)C(=O)Nc2ccc(S(=O)(=O)Nc3ccc(C)cc3C)cc2)cc1. The number of nitrogens with one attached hydrogen (secondary N) is 2. The van der Waals surface area contributed by atoms with Gasteiger partial charge >= 0.3 is 0 Å². The molecule has 0 bridgehead atoms. The molecule has 1 atom stereocenters. The highest BCUT2D eigenvalue weighted by atomic mass is 32.2. The highest BCUT2D eigenvalue weighted by Crippen LogP contribution is 2.22. The summed E-state index contributed by atoms with van der Waals surface area (Å²) in [7, 11) is -2.18. The van der Waals surface area contributed by atoms with E-state index in [1.54, 1.807) is 44.4 Å².